The number of rotatable bonds is 5. The second-order valence-corrected chi connectivity index (χ2v) is 7.25. The van der Waals surface area contributed by atoms with E-state index in [0.717, 1.165) is 17.0 Å². The summed E-state index contributed by atoms with van der Waals surface area (Å²) in [6.07, 6.45) is 1.78. The summed E-state index contributed by atoms with van der Waals surface area (Å²) in [6, 6.07) is 11.0. The van der Waals surface area contributed by atoms with Gasteiger partial charge in [-0.25, -0.2) is 4.99 Å². The average Bonchev–Trinajstić information content (AvgIpc) is 3.29. The number of ether oxygens (including phenoxy) is 4. The maximum atomic E-state index is 12.7. The lowest BCUT2D eigenvalue weighted by atomic mass is 10.1. The van der Waals surface area contributed by atoms with Crippen molar-refractivity contribution < 1.29 is 23.7 Å². The van der Waals surface area contributed by atoms with Gasteiger partial charge in [0.1, 0.15) is 11.5 Å². The maximum Gasteiger partial charge on any atom is 0.266 e. The number of carbonyl (C=O) groups excluding carboxylic acids is 1. The molecule has 2 aromatic rings. The molecule has 4 rings (SSSR count). The topological polar surface area (TPSA) is 69.6 Å². The van der Waals surface area contributed by atoms with E-state index in [1.54, 1.807) is 26.3 Å². The van der Waals surface area contributed by atoms with Crippen LogP contribution in [0.1, 0.15) is 12.5 Å². The van der Waals surface area contributed by atoms with Crippen LogP contribution in [-0.2, 0) is 4.79 Å². The van der Waals surface area contributed by atoms with E-state index in [0.29, 0.717) is 33.9 Å². The van der Waals surface area contributed by atoms with Crippen LogP contribution in [0.15, 0.2) is 46.3 Å². The van der Waals surface area contributed by atoms with Gasteiger partial charge in [-0.2, -0.15) is 0 Å². The Morgan fingerprint density at radius 2 is 1.93 bits per heavy atom. The standard InChI is InChI=1S/C21H20N2O5S/c1-4-26-15-7-5-14(6-8-15)22-21-23(2)20(24)19(29-21)10-13-9-17-18(28-12-27-17)11-16(13)25-3/h5-11H,4,12H2,1-3H3/b19-10-,22-21?. The summed E-state index contributed by atoms with van der Waals surface area (Å²) in [5.74, 6) is 2.53. The van der Waals surface area contributed by atoms with Crippen LogP contribution in [0.25, 0.3) is 6.08 Å². The van der Waals surface area contributed by atoms with Crippen molar-refractivity contribution in [3.63, 3.8) is 0 Å². The summed E-state index contributed by atoms with van der Waals surface area (Å²) in [4.78, 5) is 19.4. The first kappa shape index (κ1) is 19.2. The molecule has 0 unspecified atom stereocenters. The third-order valence-corrected chi connectivity index (χ3v) is 5.45. The molecule has 0 saturated carbocycles. The van der Waals surface area contributed by atoms with E-state index in [9.17, 15) is 4.79 Å². The van der Waals surface area contributed by atoms with Crippen molar-refractivity contribution in [3.8, 4) is 23.0 Å². The molecule has 2 aromatic carbocycles. The van der Waals surface area contributed by atoms with Crippen LogP contribution in [0.5, 0.6) is 23.0 Å². The van der Waals surface area contributed by atoms with Crippen LogP contribution in [0, 0.1) is 0 Å². The number of methoxy groups -OCH3 is 1. The van der Waals surface area contributed by atoms with Crippen LogP contribution in [0.4, 0.5) is 5.69 Å². The molecule has 29 heavy (non-hydrogen) atoms. The smallest absolute Gasteiger partial charge is 0.266 e. The van der Waals surface area contributed by atoms with E-state index in [1.807, 2.05) is 37.3 Å². The quantitative estimate of drug-likeness (QED) is 0.690. The molecule has 1 saturated heterocycles. The van der Waals surface area contributed by atoms with Gasteiger partial charge in [0.05, 0.1) is 24.3 Å². The van der Waals surface area contributed by atoms with Gasteiger partial charge in [0, 0.05) is 18.7 Å². The highest BCUT2D eigenvalue weighted by Gasteiger charge is 2.31. The van der Waals surface area contributed by atoms with E-state index in [4.69, 9.17) is 18.9 Å². The number of amides is 1. The number of hydrogen-bond donors (Lipinski definition) is 0. The predicted octanol–water partition coefficient (Wildman–Crippen LogP) is 4.06. The summed E-state index contributed by atoms with van der Waals surface area (Å²) in [6.45, 7) is 2.72. The molecule has 0 atom stereocenters. The van der Waals surface area contributed by atoms with Crippen LogP contribution >= 0.6 is 11.8 Å². The van der Waals surface area contributed by atoms with Gasteiger partial charge in [-0.3, -0.25) is 9.69 Å². The Bertz CT molecular complexity index is 1000. The fourth-order valence-corrected chi connectivity index (χ4v) is 3.89. The molecule has 150 valence electrons. The van der Waals surface area contributed by atoms with E-state index in [2.05, 4.69) is 4.99 Å². The molecule has 0 radical (unpaired) electrons. The van der Waals surface area contributed by atoms with Crippen LogP contribution in [0.3, 0.4) is 0 Å². The number of amidine groups is 1. The van der Waals surface area contributed by atoms with Gasteiger partial charge in [0.25, 0.3) is 5.91 Å². The number of benzene rings is 2. The van der Waals surface area contributed by atoms with Crippen molar-refractivity contribution in [2.45, 2.75) is 6.92 Å². The number of nitrogens with zero attached hydrogens (tertiary/aromatic N) is 2. The van der Waals surface area contributed by atoms with Crippen molar-refractivity contribution in [3.05, 3.63) is 46.9 Å². The van der Waals surface area contributed by atoms with Gasteiger partial charge in [-0.1, -0.05) is 0 Å². The molecule has 2 aliphatic heterocycles. The number of likely N-dealkylation sites (N-methyl/N-ethyl adjacent to an activating group) is 1. The van der Waals surface area contributed by atoms with E-state index in [1.165, 1.54) is 16.7 Å². The minimum absolute atomic E-state index is 0.126. The Labute approximate surface area is 172 Å². The number of carbonyl (C=O) groups is 1. The van der Waals surface area contributed by atoms with Gasteiger partial charge < -0.3 is 18.9 Å². The highest BCUT2D eigenvalue weighted by Crippen LogP contribution is 2.41. The predicted molar refractivity (Wildman–Crippen MR) is 112 cm³/mol. The Morgan fingerprint density at radius 3 is 2.62 bits per heavy atom. The summed E-state index contributed by atoms with van der Waals surface area (Å²) in [7, 11) is 3.29. The van der Waals surface area contributed by atoms with Crippen LogP contribution in [-0.4, -0.2) is 43.5 Å². The number of fused-ring (bicyclic) bond motifs is 1. The molecule has 2 heterocycles. The summed E-state index contributed by atoms with van der Waals surface area (Å²) < 4.78 is 21.7. The molecule has 1 amide bonds. The van der Waals surface area contributed by atoms with Crippen LogP contribution < -0.4 is 18.9 Å². The van der Waals surface area contributed by atoms with Gasteiger partial charge in [0.2, 0.25) is 6.79 Å². The third kappa shape index (κ3) is 3.88. The largest absolute Gasteiger partial charge is 0.496 e. The van der Waals surface area contributed by atoms with Crippen molar-refractivity contribution in [2.75, 3.05) is 27.6 Å². The second kappa shape index (κ2) is 8.08. The zero-order valence-corrected chi connectivity index (χ0v) is 17.1. The monoisotopic (exact) mass is 412 g/mol. The molecule has 0 N–H and O–H groups in total. The fourth-order valence-electron chi connectivity index (χ4n) is 2.92. The Hall–Kier alpha value is -3.13. The number of hydrogen-bond acceptors (Lipinski definition) is 7. The summed E-state index contributed by atoms with van der Waals surface area (Å²) in [5.41, 5.74) is 1.49. The molecular weight excluding hydrogens is 392 g/mol. The molecule has 0 spiro atoms. The minimum atomic E-state index is -0.126. The first-order valence-corrected chi connectivity index (χ1v) is 9.87. The zero-order chi connectivity index (χ0) is 20.4. The first-order chi connectivity index (χ1) is 14.1. The van der Waals surface area contributed by atoms with E-state index >= 15 is 0 Å². The van der Waals surface area contributed by atoms with Gasteiger partial charge in [-0.15, -0.1) is 0 Å². The number of aliphatic imine (C=N–C) groups is 1. The normalized spacial score (nSPS) is 18.0. The van der Waals surface area contributed by atoms with E-state index in [-0.39, 0.29) is 12.7 Å². The fraction of sp³-hybridized carbons (Fsp3) is 0.238. The van der Waals surface area contributed by atoms with Crippen molar-refractivity contribution >= 4 is 34.6 Å². The molecular formula is C21H20N2O5S. The van der Waals surface area contributed by atoms with Crippen molar-refractivity contribution in [1.29, 1.82) is 0 Å². The second-order valence-electron chi connectivity index (χ2n) is 6.24. The Kier molecular flexibility index (Phi) is 5.35. The third-order valence-electron chi connectivity index (χ3n) is 4.39. The zero-order valence-electron chi connectivity index (χ0n) is 16.3. The lowest BCUT2D eigenvalue weighted by Gasteiger charge is -2.08. The molecule has 2 aliphatic rings. The van der Waals surface area contributed by atoms with Crippen LogP contribution in [0.2, 0.25) is 0 Å². The average molecular weight is 412 g/mol. The van der Waals surface area contributed by atoms with Gasteiger partial charge >= 0.3 is 0 Å². The minimum Gasteiger partial charge on any atom is -0.496 e. The highest BCUT2D eigenvalue weighted by atomic mass is 32.2. The van der Waals surface area contributed by atoms with Gasteiger partial charge in [0.15, 0.2) is 16.7 Å². The Balaban J connectivity index is 1.61. The summed E-state index contributed by atoms with van der Waals surface area (Å²) in [5, 5.41) is 0.602. The van der Waals surface area contributed by atoms with Crippen molar-refractivity contribution in [1.82, 2.24) is 4.90 Å². The van der Waals surface area contributed by atoms with Crippen molar-refractivity contribution in [2.24, 2.45) is 4.99 Å². The molecule has 7 nitrogen and oxygen atoms in total. The highest BCUT2D eigenvalue weighted by molar-refractivity contribution is 8.18. The molecule has 0 aliphatic carbocycles. The lowest BCUT2D eigenvalue weighted by molar-refractivity contribution is -0.121. The van der Waals surface area contributed by atoms with Gasteiger partial charge in [-0.05, 0) is 55.1 Å². The maximum absolute atomic E-state index is 12.7. The molecule has 0 bridgehead atoms. The number of thioether (sulfide) groups is 1. The molecule has 0 aromatic heterocycles. The molecule has 8 heteroatoms. The first-order valence-electron chi connectivity index (χ1n) is 9.06. The SMILES string of the molecule is CCOc1ccc(N=C2S/C(=C\c3cc4c(cc3OC)OCO4)C(=O)N2C)cc1. The lowest BCUT2D eigenvalue weighted by Crippen LogP contribution is -2.23. The Morgan fingerprint density at radius 1 is 1.21 bits per heavy atom. The van der Waals surface area contributed by atoms with E-state index < -0.39 is 0 Å². The molecule has 1 fully saturated rings. The summed E-state index contributed by atoms with van der Waals surface area (Å²) >= 11 is 1.31.